The Hall–Kier alpha value is -2.63. The van der Waals surface area contributed by atoms with Crippen LogP contribution in [0.1, 0.15) is 38.0 Å². The first-order chi connectivity index (χ1) is 13.5. The zero-order valence-corrected chi connectivity index (χ0v) is 16.5. The molecule has 0 aliphatic carbocycles. The normalized spacial score (nSPS) is 21.0. The van der Waals surface area contributed by atoms with Gasteiger partial charge in [-0.1, -0.05) is 42.5 Å². The summed E-state index contributed by atoms with van der Waals surface area (Å²) in [6, 6.07) is 17.8. The number of hydrogen-bond donors (Lipinski definition) is 0. The first kappa shape index (κ1) is 20.1. The van der Waals surface area contributed by atoms with Crippen molar-refractivity contribution >= 4 is 5.97 Å². The molecule has 3 rings (SSSR count). The molecule has 5 heteroatoms. The highest BCUT2D eigenvalue weighted by Gasteiger charge is 2.40. The van der Waals surface area contributed by atoms with E-state index in [4.69, 9.17) is 18.9 Å². The van der Waals surface area contributed by atoms with E-state index in [9.17, 15) is 4.79 Å². The first-order valence-electron chi connectivity index (χ1n) is 9.44. The van der Waals surface area contributed by atoms with E-state index >= 15 is 0 Å². The average molecular weight is 382 g/mol. The number of rotatable bonds is 7. The lowest BCUT2D eigenvalue weighted by atomic mass is 10.0. The molecule has 28 heavy (non-hydrogen) atoms. The van der Waals surface area contributed by atoms with Crippen LogP contribution in [0.5, 0.6) is 5.75 Å². The van der Waals surface area contributed by atoms with Gasteiger partial charge in [-0.3, -0.25) is 0 Å². The maximum absolute atomic E-state index is 11.6. The molecular formula is C23H26O5. The lowest BCUT2D eigenvalue weighted by Gasteiger charge is -2.17. The molecular weight excluding hydrogens is 356 g/mol. The van der Waals surface area contributed by atoms with Crippen LogP contribution in [0.4, 0.5) is 0 Å². The Bertz CT molecular complexity index is 796. The Morgan fingerprint density at radius 3 is 2.46 bits per heavy atom. The highest BCUT2D eigenvalue weighted by atomic mass is 16.7. The van der Waals surface area contributed by atoms with E-state index in [1.807, 2.05) is 68.4 Å². The molecule has 0 radical (unpaired) electrons. The van der Waals surface area contributed by atoms with E-state index < -0.39 is 5.79 Å². The monoisotopic (exact) mass is 382 g/mol. The zero-order valence-electron chi connectivity index (χ0n) is 16.5. The van der Waals surface area contributed by atoms with Crippen LogP contribution in [-0.2, 0) is 25.6 Å². The van der Waals surface area contributed by atoms with Gasteiger partial charge in [-0.2, -0.15) is 0 Å². The van der Waals surface area contributed by atoms with Crippen LogP contribution in [0.3, 0.4) is 0 Å². The lowest BCUT2D eigenvalue weighted by Crippen LogP contribution is -2.20. The van der Waals surface area contributed by atoms with Crippen LogP contribution in [0.25, 0.3) is 0 Å². The van der Waals surface area contributed by atoms with E-state index in [-0.39, 0.29) is 18.2 Å². The van der Waals surface area contributed by atoms with Crippen LogP contribution >= 0.6 is 0 Å². The fourth-order valence-electron chi connectivity index (χ4n) is 3.05. The molecule has 5 nitrogen and oxygen atoms in total. The molecule has 0 unspecified atom stereocenters. The summed E-state index contributed by atoms with van der Waals surface area (Å²) in [5.74, 6) is -0.347. The van der Waals surface area contributed by atoms with Gasteiger partial charge in [-0.25, -0.2) is 4.79 Å². The quantitative estimate of drug-likeness (QED) is 0.518. The van der Waals surface area contributed by atoms with Crippen molar-refractivity contribution in [3.05, 3.63) is 77.9 Å². The molecule has 0 amide bonds. The van der Waals surface area contributed by atoms with Gasteiger partial charge in [-0.05, 0) is 50.1 Å². The summed E-state index contributed by atoms with van der Waals surface area (Å²) in [5, 5.41) is 0. The Morgan fingerprint density at radius 1 is 1.07 bits per heavy atom. The molecule has 0 saturated carbocycles. The van der Waals surface area contributed by atoms with Gasteiger partial charge in [0.1, 0.15) is 24.6 Å². The van der Waals surface area contributed by atoms with Crippen LogP contribution in [0, 0.1) is 0 Å². The fourth-order valence-corrected chi connectivity index (χ4v) is 3.05. The summed E-state index contributed by atoms with van der Waals surface area (Å²) >= 11 is 0. The van der Waals surface area contributed by atoms with E-state index in [1.54, 1.807) is 13.0 Å². The molecule has 0 aromatic heterocycles. The van der Waals surface area contributed by atoms with Gasteiger partial charge in [0, 0.05) is 6.08 Å². The molecule has 2 atom stereocenters. The number of ether oxygens (including phenoxy) is 4. The SMILES string of the molecule is CCOC(=O)/C=C/[C@@H]1OC(C)(C)O[C@H]1c1ccc(OCc2ccccc2)cc1. The number of benzene rings is 2. The number of esters is 1. The molecule has 0 bridgehead atoms. The third-order valence-corrected chi connectivity index (χ3v) is 4.29. The van der Waals surface area contributed by atoms with Crippen molar-refractivity contribution in [1.29, 1.82) is 0 Å². The Kier molecular flexibility index (Phi) is 6.49. The van der Waals surface area contributed by atoms with Gasteiger partial charge in [-0.15, -0.1) is 0 Å². The highest BCUT2D eigenvalue weighted by Crippen LogP contribution is 2.39. The number of carbonyl (C=O) groups excluding carboxylic acids is 1. The van der Waals surface area contributed by atoms with Crippen molar-refractivity contribution in [2.45, 2.75) is 45.4 Å². The van der Waals surface area contributed by atoms with E-state index in [1.165, 1.54) is 6.08 Å². The highest BCUT2D eigenvalue weighted by molar-refractivity contribution is 5.82. The Labute approximate surface area is 165 Å². The second kappa shape index (κ2) is 9.04. The molecule has 0 spiro atoms. The van der Waals surface area contributed by atoms with Crippen LogP contribution in [-0.4, -0.2) is 24.5 Å². The second-order valence-electron chi connectivity index (χ2n) is 6.98. The minimum atomic E-state index is -0.739. The molecule has 2 aromatic rings. The van der Waals surface area contributed by atoms with Crippen molar-refractivity contribution in [2.24, 2.45) is 0 Å². The molecule has 0 N–H and O–H groups in total. The van der Waals surface area contributed by atoms with Crippen LogP contribution in [0.2, 0.25) is 0 Å². The smallest absolute Gasteiger partial charge is 0.330 e. The molecule has 148 valence electrons. The maximum atomic E-state index is 11.6. The first-order valence-corrected chi connectivity index (χ1v) is 9.44. The summed E-state index contributed by atoms with van der Waals surface area (Å²) in [4.78, 5) is 11.6. The third-order valence-electron chi connectivity index (χ3n) is 4.29. The Morgan fingerprint density at radius 2 is 1.79 bits per heavy atom. The minimum Gasteiger partial charge on any atom is -0.489 e. The molecule has 1 fully saturated rings. The summed E-state index contributed by atoms with van der Waals surface area (Å²) in [6.07, 6.45) is 2.39. The third kappa shape index (κ3) is 5.44. The fraction of sp³-hybridized carbons (Fsp3) is 0.348. The summed E-state index contributed by atoms with van der Waals surface area (Å²) in [7, 11) is 0. The second-order valence-corrected chi connectivity index (χ2v) is 6.98. The standard InChI is InChI=1S/C23H26O5/c1-4-25-21(24)15-14-20-22(28-23(2,3)27-20)18-10-12-19(13-11-18)26-16-17-8-6-5-7-9-17/h5-15,20,22H,4,16H2,1-3H3/b15-14+/t20-,22-/m0/s1. The van der Waals surface area contributed by atoms with Crippen LogP contribution in [0.15, 0.2) is 66.7 Å². The Balaban J connectivity index is 1.67. The van der Waals surface area contributed by atoms with Crippen molar-refractivity contribution in [1.82, 2.24) is 0 Å². The van der Waals surface area contributed by atoms with Crippen molar-refractivity contribution in [3.63, 3.8) is 0 Å². The zero-order chi connectivity index (χ0) is 20.0. The average Bonchev–Trinajstić information content (AvgIpc) is 3.01. The van der Waals surface area contributed by atoms with E-state index in [0.717, 1.165) is 16.9 Å². The summed E-state index contributed by atoms with van der Waals surface area (Å²) in [6.45, 7) is 6.34. The van der Waals surface area contributed by atoms with Gasteiger partial charge in [0.05, 0.1) is 6.61 Å². The predicted octanol–water partition coefficient (Wildman–Crippen LogP) is 4.58. The number of carbonyl (C=O) groups is 1. The van der Waals surface area contributed by atoms with Gasteiger partial charge in [0.15, 0.2) is 5.79 Å². The summed E-state index contributed by atoms with van der Waals surface area (Å²) < 4.78 is 22.7. The van der Waals surface area contributed by atoms with Crippen molar-refractivity contribution < 1.29 is 23.7 Å². The van der Waals surface area contributed by atoms with E-state index in [2.05, 4.69) is 0 Å². The van der Waals surface area contributed by atoms with Crippen molar-refractivity contribution in [3.8, 4) is 5.75 Å². The largest absolute Gasteiger partial charge is 0.489 e. The van der Waals surface area contributed by atoms with Gasteiger partial charge in [0.2, 0.25) is 0 Å². The maximum Gasteiger partial charge on any atom is 0.330 e. The van der Waals surface area contributed by atoms with E-state index in [0.29, 0.717) is 13.2 Å². The summed E-state index contributed by atoms with van der Waals surface area (Å²) in [5.41, 5.74) is 2.07. The molecule has 1 aliphatic heterocycles. The van der Waals surface area contributed by atoms with Crippen molar-refractivity contribution in [2.75, 3.05) is 6.61 Å². The molecule has 1 saturated heterocycles. The lowest BCUT2D eigenvalue weighted by molar-refractivity contribution is -0.144. The van der Waals surface area contributed by atoms with Gasteiger partial charge >= 0.3 is 5.97 Å². The van der Waals surface area contributed by atoms with Gasteiger partial charge in [0.25, 0.3) is 0 Å². The topological polar surface area (TPSA) is 54.0 Å². The number of hydrogen-bond acceptors (Lipinski definition) is 5. The van der Waals surface area contributed by atoms with Gasteiger partial charge < -0.3 is 18.9 Å². The minimum absolute atomic E-state index is 0.316. The predicted molar refractivity (Wildman–Crippen MR) is 106 cm³/mol. The molecule has 2 aromatic carbocycles. The molecule has 1 heterocycles. The molecule has 1 aliphatic rings. The van der Waals surface area contributed by atoms with Crippen LogP contribution < -0.4 is 4.74 Å².